The van der Waals surface area contributed by atoms with Crippen LogP contribution in [0.4, 0.5) is 0 Å². The molecule has 1 aromatic rings. The van der Waals surface area contributed by atoms with E-state index >= 15 is 0 Å². The van der Waals surface area contributed by atoms with E-state index < -0.39 is 0 Å². The Hall–Kier alpha value is -1.75. The molecule has 0 spiro atoms. The number of nitrogens with two attached hydrogens (primary N) is 1. The van der Waals surface area contributed by atoms with Gasteiger partial charge >= 0.3 is 0 Å². The molecule has 0 saturated carbocycles. The van der Waals surface area contributed by atoms with Crippen molar-refractivity contribution < 1.29 is 9.94 Å². The van der Waals surface area contributed by atoms with Gasteiger partial charge in [0.25, 0.3) is 0 Å². The first-order chi connectivity index (χ1) is 9.15. The zero-order valence-electron chi connectivity index (χ0n) is 11.5. The Balaban J connectivity index is 2.25. The minimum absolute atomic E-state index is 0.123. The van der Waals surface area contributed by atoms with Gasteiger partial charge in [0.15, 0.2) is 5.84 Å². The third-order valence-corrected chi connectivity index (χ3v) is 3.75. The normalized spacial score (nSPS) is 20.7. The molecule has 5 nitrogen and oxygen atoms in total. The Bertz CT molecular complexity index is 474. The van der Waals surface area contributed by atoms with Crippen LogP contribution in [0.15, 0.2) is 23.4 Å². The third kappa shape index (κ3) is 2.98. The Kier molecular flexibility index (Phi) is 4.27. The minimum Gasteiger partial charge on any atom is -0.496 e. The molecule has 104 valence electrons. The number of benzene rings is 1. The van der Waals surface area contributed by atoms with Gasteiger partial charge in [0.1, 0.15) is 5.75 Å². The highest BCUT2D eigenvalue weighted by Crippen LogP contribution is 2.25. The summed E-state index contributed by atoms with van der Waals surface area (Å²) in [6.07, 6.45) is 2.48. The molecule has 1 aliphatic rings. The van der Waals surface area contributed by atoms with Crippen molar-refractivity contribution in [1.29, 1.82) is 0 Å². The van der Waals surface area contributed by atoms with Crippen molar-refractivity contribution in [1.82, 2.24) is 4.90 Å². The molecule has 0 radical (unpaired) electrons. The number of amidine groups is 1. The molecule has 1 aliphatic heterocycles. The number of oxime groups is 1. The van der Waals surface area contributed by atoms with Gasteiger partial charge in [-0.25, -0.2) is 0 Å². The lowest BCUT2D eigenvalue weighted by atomic mass is 10.1. The maximum atomic E-state index is 8.75. The van der Waals surface area contributed by atoms with Crippen molar-refractivity contribution in [2.45, 2.75) is 32.4 Å². The smallest absolute Gasteiger partial charge is 0.170 e. The predicted octanol–water partition coefficient (Wildman–Crippen LogP) is 1.77. The minimum atomic E-state index is 0.123. The monoisotopic (exact) mass is 263 g/mol. The molecule has 1 saturated heterocycles. The van der Waals surface area contributed by atoms with Crippen LogP contribution in [0.1, 0.15) is 30.9 Å². The predicted molar refractivity (Wildman–Crippen MR) is 74.6 cm³/mol. The molecule has 0 aliphatic carbocycles. The van der Waals surface area contributed by atoms with E-state index in [4.69, 9.17) is 15.7 Å². The van der Waals surface area contributed by atoms with E-state index in [1.54, 1.807) is 13.2 Å². The zero-order chi connectivity index (χ0) is 13.8. The van der Waals surface area contributed by atoms with Crippen LogP contribution < -0.4 is 10.5 Å². The van der Waals surface area contributed by atoms with Crippen LogP contribution in [0.5, 0.6) is 5.75 Å². The first-order valence-electron chi connectivity index (χ1n) is 6.54. The fourth-order valence-corrected chi connectivity index (χ4v) is 2.57. The fraction of sp³-hybridized carbons (Fsp3) is 0.500. The highest BCUT2D eigenvalue weighted by Gasteiger charge is 2.21. The van der Waals surface area contributed by atoms with Crippen molar-refractivity contribution in [2.24, 2.45) is 10.9 Å². The standard InChI is InChI=1S/C14H21N3O2/c1-10-4-3-7-17(10)9-12-8-11(14(15)16-18)5-6-13(12)19-2/h5-6,8,10,18H,3-4,7,9H2,1-2H3,(H2,15,16). The van der Waals surface area contributed by atoms with Crippen LogP contribution in [0.25, 0.3) is 0 Å². The van der Waals surface area contributed by atoms with Gasteiger partial charge in [-0.3, -0.25) is 4.90 Å². The number of nitrogens with zero attached hydrogens (tertiary/aromatic N) is 2. The second-order valence-corrected chi connectivity index (χ2v) is 4.97. The van der Waals surface area contributed by atoms with E-state index in [0.717, 1.165) is 24.4 Å². The van der Waals surface area contributed by atoms with Crippen molar-refractivity contribution in [3.05, 3.63) is 29.3 Å². The number of methoxy groups -OCH3 is 1. The summed E-state index contributed by atoms with van der Waals surface area (Å²) in [7, 11) is 1.66. The second-order valence-electron chi connectivity index (χ2n) is 4.97. The topological polar surface area (TPSA) is 71.1 Å². The number of likely N-dealkylation sites (tertiary alicyclic amines) is 1. The van der Waals surface area contributed by atoms with Crippen LogP contribution in [0.3, 0.4) is 0 Å². The number of hydrogen-bond acceptors (Lipinski definition) is 4. The average molecular weight is 263 g/mol. The third-order valence-electron chi connectivity index (χ3n) is 3.75. The maximum absolute atomic E-state index is 8.75. The van der Waals surface area contributed by atoms with Crippen molar-refractivity contribution in [3.8, 4) is 5.75 Å². The van der Waals surface area contributed by atoms with Gasteiger partial charge in [-0.15, -0.1) is 0 Å². The Morgan fingerprint density at radius 2 is 2.37 bits per heavy atom. The summed E-state index contributed by atoms with van der Waals surface area (Å²) in [5, 5.41) is 11.8. The summed E-state index contributed by atoms with van der Waals surface area (Å²) in [4.78, 5) is 2.42. The molecule has 5 heteroatoms. The molecule has 1 heterocycles. The highest BCUT2D eigenvalue weighted by molar-refractivity contribution is 5.97. The molecule has 1 fully saturated rings. The van der Waals surface area contributed by atoms with Crippen molar-refractivity contribution >= 4 is 5.84 Å². The number of ether oxygens (including phenoxy) is 1. The van der Waals surface area contributed by atoms with Gasteiger partial charge in [0, 0.05) is 23.7 Å². The lowest BCUT2D eigenvalue weighted by Crippen LogP contribution is -2.26. The lowest BCUT2D eigenvalue weighted by molar-refractivity contribution is 0.256. The zero-order valence-corrected chi connectivity index (χ0v) is 11.5. The largest absolute Gasteiger partial charge is 0.496 e. The van der Waals surface area contributed by atoms with Gasteiger partial charge in [0.05, 0.1) is 7.11 Å². The van der Waals surface area contributed by atoms with Crippen molar-refractivity contribution in [3.63, 3.8) is 0 Å². The number of rotatable bonds is 4. The summed E-state index contributed by atoms with van der Waals surface area (Å²) >= 11 is 0. The van der Waals surface area contributed by atoms with Gasteiger partial charge in [-0.2, -0.15) is 0 Å². The van der Waals surface area contributed by atoms with Crippen LogP contribution in [-0.2, 0) is 6.54 Å². The van der Waals surface area contributed by atoms with Crippen molar-refractivity contribution in [2.75, 3.05) is 13.7 Å². The quantitative estimate of drug-likeness (QED) is 0.376. The van der Waals surface area contributed by atoms with E-state index in [9.17, 15) is 0 Å². The van der Waals surface area contributed by atoms with Crippen LogP contribution >= 0.6 is 0 Å². The summed E-state index contributed by atoms with van der Waals surface area (Å²) in [6, 6.07) is 6.19. The van der Waals surface area contributed by atoms with Crippen LogP contribution in [-0.4, -0.2) is 35.6 Å². The van der Waals surface area contributed by atoms with E-state index in [1.165, 1.54) is 12.8 Å². The van der Waals surface area contributed by atoms with Crippen LogP contribution in [0.2, 0.25) is 0 Å². The molecule has 3 N–H and O–H groups in total. The molecular weight excluding hydrogens is 242 g/mol. The molecular formula is C14H21N3O2. The average Bonchev–Trinajstić information content (AvgIpc) is 2.83. The first-order valence-corrected chi connectivity index (χ1v) is 6.54. The van der Waals surface area contributed by atoms with Gasteiger partial charge < -0.3 is 15.7 Å². The van der Waals surface area contributed by atoms with E-state index in [0.29, 0.717) is 11.6 Å². The summed E-state index contributed by atoms with van der Waals surface area (Å²) in [6.45, 7) is 4.18. The lowest BCUT2D eigenvalue weighted by Gasteiger charge is -2.22. The molecule has 1 aromatic carbocycles. The van der Waals surface area contributed by atoms with Gasteiger partial charge in [-0.1, -0.05) is 5.16 Å². The first kappa shape index (κ1) is 13.7. The molecule has 2 rings (SSSR count). The SMILES string of the molecule is COc1ccc(/C(N)=N/O)cc1CN1CCCC1C. The van der Waals surface area contributed by atoms with Crippen LogP contribution in [0, 0.1) is 0 Å². The Labute approximate surface area is 113 Å². The van der Waals surface area contributed by atoms with Gasteiger partial charge in [0.2, 0.25) is 0 Å². The highest BCUT2D eigenvalue weighted by atomic mass is 16.5. The fourth-order valence-electron chi connectivity index (χ4n) is 2.57. The molecule has 0 bridgehead atoms. The molecule has 19 heavy (non-hydrogen) atoms. The number of hydrogen-bond donors (Lipinski definition) is 2. The Morgan fingerprint density at radius 3 is 2.95 bits per heavy atom. The molecule has 1 atom stereocenters. The Morgan fingerprint density at radius 1 is 1.58 bits per heavy atom. The molecule has 0 amide bonds. The van der Waals surface area contributed by atoms with Gasteiger partial charge in [-0.05, 0) is 44.5 Å². The molecule has 0 aromatic heterocycles. The van der Waals surface area contributed by atoms with E-state index in [1.807, 2.05) is 12.1 Å². The summed E-state index contributed by atoms with van der Waals surface area (Å²) < 4.78 is 5.39. The van der Waals surface area contributed by atoms with E-state index in [2.05, 4.69) is 17.0 Å². The molecule has 1 unspecified atom stereocenters. The summed E-state index contributed by atoms with van der Waals surface area (Å²) in [5.74, 6) is 0.965. The maximum Gasteiger partial charge on any atom is 0.170 e. The summed E-state index contributed by atoms with van der Waals surface area (Å²) in [5.41, 5.74) is 7.42. The van der Waals surface area contributed by atoms with E-state index in [-0.39, 0.29) is 5.84 Å². The second kappa shape index (κ2) is 5.93.